The maximum Gasteiger partial charge on any atom is 0.416 e. The van der Waals surface area contributed by atoms with Crippen LogP contribution in [0.1, 0.15) is 28.4 Å². The largest absolute Gasteiger partial charge is 0.416 e. The van der Waals surface area contributed by atoms with E-state index in [1.54, 1.807) is 37.5 Å². The number of H-pyrrole nitrogens is 1. The molecule has 2 aromatic heterocycles. The lowest BCUT2D eigenvalue weighted by molar-refractivity contribution is -0.138. The van der Waals surface area contributed by atoms with Crippen molar-refractivity contribution < 1.29 is 13.2 Å². The van der Waals surface area contributed by atoms with Crippen LogP contribution < -0.4 is 5.32 Å². The minimum atomic E-state index is -4.44. The highest BCUT2D eigenvalue weighted by molar-refractivity contribution is 5.52. The third-order valence-electron chi connectivity index (χ3n) is 3.74. The highest BCUT2D eigenvalue weighted by Gasteiger charge is 2.35. The molecule has 0 saturated carbocycles. The highest BCUT2D eigenvalue weighted by atomic mass is 19.4. The third-order valence-corrected chi connectivity index (χ3v) is 3.74. The molecule has 0 saturated heterocycles. The molecule has 2 heterocycles. The van der Waals surface area contributed by atoms with Crippen LogP contribution in [-0.4, -0.2) is 15.2 Å². The average Bonchev–Trinajstić information content (AvgIpc) is 3.07. The highest BCUT2D eigenvalue weighted by Crippen LogP contribution is 2.37. The topological polar surface area (TPSA) is 53.6 Å². The van der Waals surface area contributed by atoms with Gasteiger partial charge in [0.1, 0.15) is 0 Å². The van der Waals surface area contributed by atoms with Gasteiger partial charge in [0.2, 0.25) is 0 Å². The molecule has 1 aromatic carbocycles. The van der Waals surface area contributed by atoms with E-state index in [0.29, 0.717) is 16.9 Å². The molecule has 7 heteroatoms. The Kier molecular flexibility index (Phi) is 4.24. The van der Waals surface area contributed by atoms with Gasteiger partial charge < -0.3 is 5.32 Å². The van der Waals surface area contributed by atoms with Gasteiger partial charge in [0.25, 0.3) is 0 Å². The fourth-order valence-electron chi connectivity index (χ4n) is 2.56. The summed E-state index contributed by atoms with van der Waals surface area (Å²) in [6.07, 6.45) is 0.286. The quantitative estimate of drug-likeness (QED) is 0.747. The molecule has 0 aliphatic rings. The van der Waals surface area contributed by atoms with Crippen LogP contribution in [0.2, 0.25) is 0 Å². The van der Waals surface area contributed by atoms with E-state index in [-0.39, 0.29) is 5.56 Å². The Bertz CT molecular complexity index is 813. The molecule has 1 atom stereocenters. The molecule has 124 valence electrons. The first-order chi connectivity index (χ1) is 11.5. The number of rotatable bonds is 4. The van der Waals surface area contributed by atoms with Gasteiger partial charge in [-0.2, -0.15) is 18.3 Å². The van der Waals surface area contributed by atoms with Gasteiger partial charge in [-0.15, -0.1) is 0 Å². The van der Waals surface area contributed by atoms with Crippen LogP contribution >= 0.6 is 0 Å². The van der Waals surface area contributed by atoms with E-state index in [9.17, 15) is 13.2 Å². The summed E-state index contributed by atoms with van der Waals surface area (Å²) in [5.74, 6) is 0. The van der Waals surface area contributed by atoms with Crippen LogP contribution in [0.4, 0.5) is 18.9 Å². The van der Waals surface area contributed by atoms with Crippen molar-refractivity contribution in [3.8, 4) is 0 Å². The summed E-state index contributed by atoms with van der Waals surface area (Å²) in [5, 5.41) is 9.67. The second kappa shape index (κ2) is 6.35. The second-order valence-corrected chi connectivity index (χ2v) is 5.33. The second-order valence-electron chi connectivity index (χ2n) is 5.33. The smallest absolute Gasteiger partial charge is 0.373 e. The number of halogens is 3. The third kappa shape index (κ3) is 3.24. The van der Waals surface area contributed by atoms with Crippen molar-refractivity contribution >= 4 is 5.69 Å². The molecule has 0 amide bonds. The van der Waals surface area contributed by atoms with Gasteiger partial charge in [-0.05, 0) is 30.7 Å². The van der Waals surface area contributed by atoms with E-state index in [1.807, 2.05) is 0 Å². The molecule has 3 rings (SSSR count). The van der Waals surface area contributed by atoms with Crippen molar-refractivity contribution in [2.24, 2.45) is 0 Å². The normalized spacial score (nSPS) is 12.8. The van der Waals surface area contributed by atoms with Gasteiger partial charge >= 0.3 is 6.18 Å². The molecule has 0 aliphatic carbocycles. The number of benzene rings is 1. The average molecular weight is 332 g/mol. The molecule has 2 N–H and O–H groups in total. The van der Waals surface area contributed by atoms with Crippen LogP contribution in [0.15, 0.2) is 55.0 Å². The van der Waals surface area contributed by atoms with Crippen molar-refractivity contribution in [1.29, 1.82) is 0 Å². The summed E-state index contributed by atoms with van der Waals surface area (Å²) < 4.78 is 40.2. The molecule has 1 unspecified atom stereocenters. The summed E-state index contributed by atoms with van der Waals surface area (Å²) in [6.45, 7) is 1.80. The minimum absolute atomic E-state index is 0.134. The Morgan fingerprint density at radius 3 is 2.58 bits per heavy atom. The maximum absolute atomic E-state index is 13.4. The Labute approximate surface area is 136 Å². The number of aryl methyl sites for hydroxylation is 1. The van der Waals surface area contributed by atoms with Crippen molar-refractivity contribution in [3.63, 3.8) is 0 Å². The first-order valence-electron chi connectivity index (χ1n) is 7.30. The summed E-state index contributed by atoms with van der Waals surface area (Å²) >= 11 is 0. The number of nitrogens with one attached hydrogen (secondary N) is 2. The number of hydrogen-bond acceptors (Lipinski definition) is 3. The standard InChI is InChI=1S/C17H15F3N4/c1-11-15(7-4-8-21-11)24-16(12-9-22-23-10-12)13-5-2-3-6-14(13)17(18,19)20/h2-10,16,24H,1H3,(H,22,23). The number of alkyl halides is 3. The zero-order valence-electron chi connectivity index (χ0n) is 12.8. The predicted molar refractivity (Wildman–Crippen MR) is 84.5 cm³/mol. The van der Waals surface area contributed by atoms with Crippen LogP contribution in [0.5, 0.6) is 0 Å². The lowest BCUT2D eigenvalue weighted by Gasteiger charge is -2.23. The summed E-state index contributed by atoms with van der Waals surface area (Å²) in [4.78, 5) is 4.17. The Hall–Kier alpha value is -2.83. The monoisotopic (exact) mass is 332 g/mol. The molecule has 0 aliphatic heterocycles. The fourth-order valence-corrected chi connectivity index (χ4v) is 2.56. The lowest BCUT2D eigenvalue weighted by Crippen LogP contribution is -2.18. The number of anilines is 1. The molecule has 0 radical (unpaired) electrons. The van der Waals surface area contributed by atoms with Gasteiger partial charge in [-0.3, -0.25) is 10.1 Å². The summed E-state index contributed by atoms with van der Waals surface area (Å²) in [7, 11) is 0. The van der Waals surface area contributed by atoms with Gasteiger partial charge in [0.05, 0.1) is 29.2 Å². The van der Waals surface area contributed by atoms with E-state index >= 15 is 0 Å². The van der Waals surface area contributed by atoms with Crippen molar-refractivity contribution in [1.82, 2.24) is 15.2 Å². The van der Waals surface area contributed by atoms with Crippen molar-refractivity contribution in [3.05, 3.63) is 77.4 Å². The van der Waals surface area contributed by atoms with Crippen molar-refractivity contribution in [2.75, 3.05) is 5.32 Å². The van der Waals surface area contributed by atoms with Crippen molar-refractivity contribution in [2.45, 2.75) is 19.1 Å². The molecule has 24 heavy (non-hydrogen) atoms. The Morgan fingerprint density at radius 2 is 1.92 bits per heavy atom. The van der Waals surface area contributed by atoms with Crippen LogP contribution in [0.25, 0.3) is 0 Å². The zero-order chi connectivity index (χ0) is 17.2. The molecule has 3 aromatic rings. The number of aromatic amines is 1. The summed E-state index contributed by atoms with van der Waals surface area (Å²) in [6, 6.07) is 8.34. The van der Waals surface area contributed by atoms with Gasteiger partial charge in [-0.25, -0.2) is 0 Å². The first kappa shape index (κ1) is 16.0. The molecule has 0 spiro atoms. The zero-order valence-corrected chi connectivity index (χ0v) is 12.8. The number of nitrogens with zero attached hydrogens (tertiary/aromatic N) is 2. The minimum Gasteiger partial charge on any atom is -0.373 e. The number of hydrogen-bond donors (Lipinski definition) is 2. The van der Waals surface area contributed by atoms with Crippen LogP contribution in [-0.2, 0) is 6.18 Å². The molecular weight excluding hydrogens is 317 g/mol. The molecule has 0 bridgehead atoms. The molecule has 0 fully saturated rings. The van der Waals surface area contributed by atoms with Crippen LogP contribution in [0, 0.1) is 6.92 Å². The van der Waals surface area contributed by atoms with E-state index in [0.717, 1.165) is 6.07 Å². The number of aromatic nitrogens is 3. The van der Waals surface area contributed by atoms with Gasteiger partial charge in [0.15, 0.2) is 0 Å². The summed E-state index contributed by atoms with van der Waals surface area (Å²) in [5.41, 5.74) is 1.44. The molecular formula is C17H15F3N4. The lowest BCUT2D eigenvalue weighted by atomic mass is 9.95. The van der Waals surface area contributed by atoms with E-state index in [2.05, 4.69) is 20.5 Å². The van der Waals surface area contributed by atoms with Gasteiger partial charge in [-0.1, -0.05) is 18.2 Å². The Morgan fingerprint density at radius 1 is 1.12 bits per heavy atom. The Balaban J connectivity index is 2.09. The van der Waals surface area contributed by atoms with Crippen LogP contribution in [0.3, 0.4) is 0 Å². The fraction of sp³-hybridized carbons (Fsp3) is 0.176. The van der Waals surface area contributed by atoms with Gasteiger partial charge in [0, 0.05) is 18.0 Å². The molecule has 4 nitrogen and oxygen atoms in total. The SMILES string of the molecule is Cc1ncccc1NC(c1cn[nH]c1)c1ccccc1C(F)(F)F. The van der Waals surface area contributed by atoms with E-state index in [1.165, 1.54) is 18.3 Å². The predicted octanol–water partition coefficient (Wildman–Crippen LogP) is 4.33. The maximum atomic E-state index is 13.4. The number of pyridine rings is 1. The van der Waals surface area contributed by atoms with E-state index in [4.69, 9.17) is 0 Å². The first-order valence-corrected chi connectivity index (χ1v) is 7.30. The van der Waals surface area contributed by atoms with E-state index < -0.39 is 17.8 Å².